The number of anilines is 3. The van der Waals surface area contributed by atoms with Crippen LogP contribution in [0.3, 0.4) is 0 Å². The van der Waals surface area contributed by atoms with E-state index < -0.39 is 4.92 Å². The van der Waals surface area contributed by atoms with E-state index >= 15 is 0 Å². The summed E-state index contributed by atoms with van der Waals surface area (Å²) in [5.41, 5.74) is 1.96. The zero-order valence-corrected chi connectivity index (χ0v) is 14.8. The Morgan fingerprint density at radius 1 is 1.00 bits per heavy atom. The number of nitro benzene ring substituents is 1. The van der Waals surface area contributed by atoms with Crippen molar-refractivity contribution in [2.75, 3.05) is 29.5 Å². The second-order valence-corrected chi connectivity index (χ2v) is 5.67. The molecule has 0 atom stereocenters. The molecule has 2 aromatic carbocycles. The summed E-state index contributed by atoms with van der Waals surface area (Å²) < 4.78 is 0. The third-order valence-electron chi connectivity index (χ3n) is 3.62. The molecule has 9 heteroatoms. The van der Waals surface area contributed by atoms with Crippen molar-refractivity contribution >= 4 is 34.7 Å². The fraction of sp³-hybridized carbons (Fsp3) is 0.222. The molecule has 4 N–H and O–H groups in total. The van der Waals surface area contributed by atoms with E-state index in [-0.39, 0.29) is 17.6 Å². The first-order valence-corrected chi connectivity index (χ1v) is 8.35. The summed E-state index contributed by atoms with van der Waals surface area (Å²) in [6.45, 7) is 0.559. The topological polar surface area (TPSA) is 125 Å². The third kappa shape index (κ3) is 6.65. The Balaban J connectivity index is 1.74. The second kappa shape index (κ2) is 9.76. The van der Waals surface area contributed by atoms with E-state index in [9.17, 15) is 19.7 Å². The normalized spacial score (nSPS) is 9.96. The molecular formula is C18H21N5O4. The molecule has 2 rings (SSSR count). The number of amides is 3. The van der Waals surface area contributed by atoms with Gasteiger partial charge in [0.15, 0.2) is 0 Å². The van der Waals surface area contributed by atoms with Crippen molar-refractivity contribution in [1.82, 2.24) is 5.32 Å². The van der Waals surface area contributed by atoms with Gasteiger partial charge in [-0.25, -0.2) is 4.79 Å². The lowest BCUT2D eigenvalue weighted by molar-refractivity contribution is -0.384. The molecule has 142 valence electrons. The smallest absolute Gasteiger partial charge is 0.318 e. The van der Waals surface area contributed by atoms with Gasteiger partial charge in [0.05, 0.1) is 4.92 Å². The fourth-order valence-corrected chi connectivity index (χ4v) is 2.27. The second-order valence-electron chi connectivity index (χ2n) is 5.67. The minimum absolute atomic E-state index is 0.0352. The molecule has 0 aromatic heterocycles. The highest BCUT2D eigenvalue weighted by atomic mass is 16.6. The minimum atomic E-state index is -0.451. The van der Waals surface area contributed by atoms with E-state index in [0.29, 0.717) is 30.8 Å². The molecule has 0 fully saturated rings. The summed E-state index contributed by atoms with van der Waals surface area (Å²) in [6.07, 6.45) is 0.909. The van der Waals surface area contributed by atoms with Gasteiger partial charge in [-0.15, -0.1) is 0 Å². The van der Waals surface area contributed by atoms with Gasteiger partial charge < -0.3 is 21.3 Å². The average Bonchev–Trinajstić information content (AvgIpc) is 2.65. The summed E-state index contributed by atoms with van der Waals surface area (Å²) in [5, 5.41) is 21.6. The number of non-ortho nitro benzene ring substituents is 1. The predicted octanol–water partition coefficient (Wildman–Crippen LogP) is 3.18. The SMILES string of the molecule is CNC(=O)Nc1cccc(NC(=O)CCCNc2ccc([N+](=O)[O-])cc2)c1. The van der Waals surface area contributed by atoms with Gasteiger partial charge in [0.25, 0.3) is 5.69 Å². The lowest BCUT2D eigenvalue weighted by Gasteiger charge is -2.09. The third-order valence-corrected chi connectivity index (χ3v) is 3.62. The summed E-state index contributed by atoms with van der Waals surface area (Å²) in [7, 11) is 1.52. The monoisotopic (exact) mass is 371 g/mol. The number of carbonyl (C=O) groups is 2. The van der Waals surface area contributed by atoms with E-state index in [0.717, 1.165) is 5.69 Å². The van der Waals surface area contributed by atoms with Crippen molar-refractivity contribution in [3.8, 4) is 0 Å². The molecule has 9 nitrogen and oxygen atoms in total. The van der Waals surface area contributed by atoms with Gasteiger partial charge in [-0.1, -0.05) is 6.07 Å². The van der Waals surface area contributed by atoms with Crippen LogP contribution in [0, 0.1) is 10.1 Å². The molecule has 0 unspecified atom stereocenters. The first-order chi connectivity index (χ1) is 13.0. The molecule has 0 bridgehead atoms. The van der Waals surface area contributed by atoms with Crippen LogP contribution >= 0.6 is 0 Å². The maximum absolute atomic E-state index is 12.0. The largest absolute Gasteiger partial charge is 0.385 e. The Hall–Kier alpha value is -3.62. The van der Waals surface area contributed by atoms with Crippen molar-refractivity contribution in [2.24, 2.45) is 0 Å². The first-order valence-electron chi connectivity index (χ1n) is 8.35. The maximum Gasteiger partial charge on any atom is 0.318 e. The lowest BCUT2D eigenvalue weighted by Crippen LogP contribution is -2.24. The molecule has 0 saturated heterocycles. The van der Waals surface area contributed by atoms with Gasteiger partial charge in [0.2, 0.25) is 5.91 Å². The van der Waals surface area contributed by atoms with Crippen LogP contribution in [0.15, 0.2) is 48.5 Å². The number of benzene rings is 2. The van der Waals surface area contributed by atoms with Crippen molar-refractivity contribution in [2.45, 2.75) is 12.8 Å². The number of hydrogen-bond acceptors (Lipinski definition) is 5. The van der Waals surface area contributed by atoms with Crippen LogP contribution < -0.4 is 21.3 Å². The van der Waals surface area contributed by atoms with Gasteiger partial charge in [-0.05, 0) is 36.8 Å². The van der Waals surface area contributed by atoms with Gasteiger partial charge in [-0.2, -0.15) is 0 Å². The molecular weight excluding hydrogens is 350 g/mol. The van der Waals surface area contributed by atoms with Crippen molar-refractivity contribution < 1.29 is 14.5 Å². The number of hydrogen-bond donors (Lipinski definition) is 4. The van der Waals surface area contributed by atoms with Gasteiger partial charge in [-0.3, -0.25) is 14.9 Å². The maximum atomic E-state index is 12.0. The van der Waals surface area contributed by atoms with Crippen LogP contribution in [-0.4, -0.2) is 30.5 Å². The van der Waals surface area contributed by atoms with E-state index in [4.69, 9.17) is 0 Å². The summed E-state index contributed by atoms with van der Waals surface area (Å²) in [4.78, 5) is 33.5. The predicted molar refractivity (Wildman–Crippen MR) is 104 cm³/mol. The molecule has 0 aliphatic rings. The Labute approximate surface area is 156 Å². The van der Waals surface area contributed by atoms with Gasteiger partial charge in [0, 0.05) is 49.2 Å². The molecule has 3 amide bonds. The average molecular weight is 371 g/mol. The molecule has 0 spiro atoms. The number of nitrogens with one attached hydrogen (secondary N) is 4. The Bertz CT molecular complexity index is 808. The molecule has 0 saturated carbocycles. The molecule has 2 aromatic rings. The van der Waals surface area contributed by atoms with Crippen molar-refractivity contribution in [3.63, 3.8) is 0 Å². The zero-order chi connectivity index (χ0) is 19.6. The molecule has 0 aliphatic heterocycles. The van der Waals surface area contributed by atoms with Crippen molar-refractivity contribution in [1.29, 1.82) is 0 Å². The van der Waals surface area contributed by atoms with Crippen LogP contribution in [0.25, 0.3) is 0 Å². The highest BCUT2D eigenvalue weighted by Gasteiger charge is 2.06. The lowest BCUT2D eigenvalue weighted by atomic mass is 10.2. The van der Waals surface area contributed by atoms with Gasteiger partial charge >= 0.3 is 6.03 Å². The zero-order valence-electron chi connectivity index (χ0n) is 14.8. The minimum Gasteiger partial charge on any atom is -0.385 e. The molecule has 0 heterocycles. The number of urea groups is 1. The van der Waals surface area contributed by atoms with Gasteiger partial charge in [0.1, 0.15) is 0 Å². The standard InChI is InChI=1S/C18H21N5O4/c1-19-18(25)22-15-5-2-4-14(12-15)21-17(24)6-3-11-20-13-7-9-16(10-8-13)23(26)27/h2,4-5,7-10,12,20H,3,6,11H2,1H3,(H,21,24)(H2,19,22,25). The van der Waals surface area contributed by atoms with Crippen LogP contribution in [-0.2, 0) is 4.79 Å². The number of nitro groups is 1. The highest BCUT2D eigenvalue weighted by molar-refractivity contribution is 5.93. The highest BCUT2D eigenvalue weighted by Crippen LogP contribution is 2.16. The quantitative estimate of drug-likeness (QED) is 0.322. The Kier molecular flexibility index (Phi) is 7.12. The summed E-state index contributed by atoms with van der Waals surface area (Å²) in [5.74, 6) is -0.141. The van der Waals surface area contributed by atoms with E-state index in [1.54, 1.807) is 36.4 Å². The Morgan fingerprint density at radius 3 is 2.30 bits per heavy atom. The molecule has 0 aliphatic carbocycles. The van der Waals surface area contributed by atoms with E-state index in [1.165, 1.54) is 19.2 Å². The Morgan fingerprint density at radius 2 is 1.67 bits per heavy atom. The number of carbonyl (C=O) groups excluding carboxylic acids is 2. The molecule has 0 radical (unpaired) electrons. The van der Waals surface area contributed by atoms with E-state index in [1.807, 2.05) is 0 Å². The summed E-state index contributed by atoms with van der Waals surface area (Å²) in [6, 6.07) is 12.6. The summed E-state index contributed by atoms with van der Waals surface area (Å²) >= 11 is 0. The first kappa shape index (κ1) is 19.7. The number of rotatable bonds is 8. The fourth-order valence-electron chi connectivity index (χ4n) is 2.27. The van der Waals surface area contributed by atoms with Crippen LogP contribution in [0.1, 0.15) is 12.8 Å². The van der Waals surface area contributed by atoms with Crippen LogP contribution in [0.2, 0.25) is 0 Å². The molecule has 27 heavy (non-hydrogen) atoms. The van der Waals surface area contributed by atoms with E-state index in [2.05, 4.69) is 21.3 Å². The van der Waals surface area contributed by atoms with Crippen LogP contribution in [0.5, 0.6) is 0 Å². The number of nitrogens with zero attached hydrogens (tertiary/aromatic N) is 1. The van der Waals surface area contributed by atoms with Crippen LogP contribution in [0.4, 0.5) is 27.5 Å². The van der Waals surface area contributed by atoms with Crippen molar-refractivity contribution in [3.05, 3.63) is 58.6 Å².